The molecule has 14 nitrogen and oxygen atoms in total. The summed E-state index contributed by atoms with van der Waals surface area (Å²) in [7, 11) is 0. The molecule has 4 heterocycles. The van der Waals surface area contributed by atoms with Gasteiger partial charge in [-0.05, 0) is 37.7 Å². The molecule has 2 aliphatic heterocycles. The molecular formula is C40H53FN8O6. The normalized spacial score (nSPS) is 21.8. The summed E-state index contributed by atoms with van der Waals surface area (Å²) in [6.45, 7) is 10.8. The second-order valence-corrected chi connectivity index (χ2v) is 16.3. The van der Waals surface area contributed by atoms with Gasteiger partial charge in [-0.15, -0.1) is 0 Å². The number of hydrogen-bond acceptors (Lipinski definition) is 8. The molecular weight excluding hydrogens is 707 g/mol. The van der Waals surface area contributed by atoms with Crippen LogP contribution >= 0.6 is 0 Å². The second-order valence-electron chi connectivity index (χ2n) is 16.3. The summed E-state index contributed by atoms with van der Waals surface area (Å²) in [4.78, 5) is 66.8. The number of carbonyl (C=O) groups excluding carboxylic acids is 5. The maximum Gasteiger partial charge on any atom is 0.276 e. The Morgan fingerprint density at radius 3 is 2.51 bits per heavy atom. The zero-order valence-corrected chi connectivity index (χ0v) is 32.3. The molecule has 6 rings (SSSR count). The summed E-state index contributed by atoms with van der Waals surface area (Å²) in [6.07, 6.45) is 6.27. The highest BCUT2D eigenvalue weighted by atomic mass is 19.1. The first-order valence-electron chi connectivity index (χ1n) is 19.2. The van der Waals surface area contributed by atoms with Crippen molar-refractivity contribution < 1.29 is 33.1 Å². The van der Waals surface area contributed by atoms with Gasteiger partial charge in [0.2, 0.25) is 17.7 Å². The van der Waals surface area contributed by atoms with Crippen LogP contribution in [0.3, 0.4) is 0 Å². The van der Waals surface area contributed by atoms with Crippen molar-refractivity contribution in [3.05, 3.63) is 65.2 Å². The van der Waals surface area contributed by atoms with Gasteiger partial charge < -0.3 is 30.0 Å². The third-order valence-corrected chi connectivity index (χ3v) is 11.6. The van der Waals surface area contributed by atoms with Crippen LogP contribution in [0.2, 0.25) is 0 Å². The molecule has 55 heavy (non-hydrogen) atoms. The van der Waals surface area contributed by atoms with Gasteiger partial charge in [-0.3, -0.25) is 29.0 Å². The number of benzene rings is 1. The zero-order chi connectivity index (χ0) is 39.5. The van der Waals surface area contributed by atoms with Gasteiger partial charge in [0.25, 0.3) is 5.91 Å². The van der Waals surface area contributed by atoms with Crippen molar-refractivity contribution in [1.29, 1.82) is 0 Å². The number of fused-ring (bicyclic) bond motifs is 1. The fourth-order valence-electron chi connectivity index (χ4n) is 7.81. The van der Waals surface area contributed by atoms with E-state index in [4.69, 9.17) is 4.74 Å². The molecule has 15 heteroatoms. The number of aldehydes is 1. The lowest BCUT2D eigenvalue weighted by Gasteiger charge is -2.43. The van der Waals surface area contributed by atoms with Gasteiger partial charge in [0.1, 0.15) is 18.0 Å². The Hall–Kier alpha value is -4.92. The lowest BCUT2D eigenvalue weighted by atomic mass is 9.67. The average molecular weight is 761 g/mol. The summed E-state index contributed by atoms with van der Waals surface area (Å²) in [5.74, 6) is -1.16. The molecule has 1 aromatic carbocycles. The summed E-state index contributed by atoms with van der Waals surface area (Å²) >= 11 is 0. The van der Waals surface area contributed by atoms with Crippen molar-refractivity contribution in [2.75, 3.05) is 38.2 Å². The first-order chi connectivity index (χ1) is 26.2. The summed E-state index contributed by atoms with van der Waals surface area (Å²) in [5.41, 5.74) is 0.964. The number of likely N-dealkylation sites (tertiary alicyclic amines) is 2. The number of ether oxygens (including phenoxy) is 1. The zero-order valence-electron chi connectivity index (χ0n) is 32.3. The molecule has 3 aromatic rings. The number of aromatic nitrogens is 4. The minimum Gasteiger partial charge on any atom is -0.380 e. The van der Waals surface area contributed by atoms with E-state index in [2.05, 4.69) is 25.9 Å². The fraction of sp³-hybridized carbons (Fsp3) is 0.575. The van der Waals surface area contributed by atoms with Crippen LogP contribution in [-0.4, -0.2) is 110 Å². The van der Waals surface area contributed by atoms with Crippen LogP contribution in [-0.2, 0) is 36.8 Å². The van der Waals surface area contributed by atoms with Crippen molar-refractivity contribution in [2.24, 2.45) is 17.3 Å². The molecule has 2 fully saturated rings. The van der Waals surface area contributed by atoms with Crippen LogP contribution in [0, 0.1) is 17.3 Å². The maximum atomic E-state index is 15.5. The number of rotatable bonds is 15. The predicted octanol–water partition coefficient (Wildman–Crippen LogP) is 3.89. The Labute approximate surface area is 320 Å². The fourth-order valence-corrected chi connectivity index (χ4v) is 7.81. The summed E-state index contributed by atoms with van der Waals surface area (Å²) in [6, 6.07) is 8.49. The topological polar surface area (TPSA) is 172 Å². The lowest BCUT2D eigenvalue weighted by molar-refractivity contribution is -0.140. The standard InChI is InChI=1S/C40H53FN8O6/c1-25(2)34(38(54)48-15-9-12-29(48)24-50)44-32(51)13-16-55-17-14-33(52)47-21-27(22-47)36(26-10-7-6-8-11-26)49-23-28(20-42-49)43-37(53)35-30-18-40(5,41)39(3,4)19-31(30)45-46-35/h6-8,10-11,20,23-25,27,29,34,36H,9,12-19,21-22H2,1-5H3,(H,43,53)(H,44,51)(H,45,46). The van der Waals surface area contributed by atoms with Crippen LogP contribution in [0.1, 0.15) is 93.7 Å². The van der Waals surface area contributed by atoms with Gasteiger partial charge in [0.05, 0.1) is 43.6 Å². The molecule has 0 bridgehead atoms. The predicted molar refractivity (Wildman–Crippen MR) is 202 cm³/mol. The maximum absolute atomic E-state index is 15.5. The molecule has 1 aliphatic carbocycles. The number of amides is 4. The van der Waals surface area contributed by atoms with Crippen LogP contribution in [0.4, 0.5) is 10.1 Å². The molecule has 0 saturated carbocycles. The van der Waals surface area contributed by atoms with E-state index in [1.807, 2.05) is 58.0 Å². The highest BCUT2D eigenvalue weighted by Crippen LogP contribution is 2.45. The molecule has 2 aromatic heterocycles. The molecule has 296 valence electrons. The van der Waals surface area contributed by atoms with E-state index in [-0.39, 0.29) is 73.8 Å². The molecule has 0 radical (unpaired) electrons. The van der Waals surface area contributed by atoms with Gasteiger partial charge in [0.15, 0.2) is 5.69 Å². The van der Waals surface area contributed by atoms with Gasteiger partial charge >= 0.3 is 0 Å². The second kappa shape index (κ2) is 16.4. The minimum atomic E-state index is -1.49. The molecule has 0 spiro atoms. The molecule has 2 saturated heterocycles. The Balaban J connectivity index is 0.979. The number of carbonyl (C=O) groups is 5. The highest BCUT2D eigenvalue weighted by molar-refractivity contribution is 6.04. The molecule has 4 amide bonds. The summed E-state index contributed by atoms with van der Waals surface area (Å²) < 4.78 is 23.0. The number of nitrogens with one attached hydrogen (secondary N) is 3. The molecule has 4 atom stereocenters. The van der Waals surface area contributed by atoms with Crippen LogP contribution in [0.15, 0.2) is 42.7 Å². The lowest BCUT2D eigenvalue weighted by Crippen LogP contribution is -2.53. The van der Waals surface area contributed by atoms with Crippen LogP contribution in [0.25, 0.3) is 0 Å². The third-order valence-electron chi connectivity index (χ3n) is 11.6. The Morgan fingerprint density at radius 1 is 1.07 bits per heavy atom. The van der Waals surface area contributed by atoms with Crippen molar-refractivity contribution in [1.82, 2.24) is 35.1 Å². The number of H-pyrrole nitrogens is 1. The SMILES string of the molecule is CC(C)C(NC(=O)CCOCCC(=O)N1CC(C(c2ccccc2)n2cc(NC(=O)c3n[nH]c4c3CC(C)(F)C(C)(C)C4)cn2)C1)C(=O)N1CCCC1C=O. The van der Waals surface area contributed by atoms with Crippen molar-refractivity contribution in [3.8, 4) is 0 Å². The van der Waals surface area contributed by atoms with Gasteiger partial charge in [-0.1, -0.05) is 58.0 Å². The largest absolute Gasteiger partial charge is 0.380 e. The number of aromatic amines is 1. The number of alkyl halides is 1. The molecule has 3 N–H and O–H groups in total. The van der Waals surface area contributed by atoms with Gasteiger partial charge in [0, 0.05) is 61.3 Å². The Kier molecular flexibility index (Phi) is 11.9. The van der Waals surface area contributed by atoms with E-state index in [0.29, 0.717) is 43.7 Å². The first kappa shape index (κ1) is 39.8. The van der Waals surface area contributed by atoms with E-state index in [9.17, 15) is 24.0 Å². The quantitative estimate of drug-likeness (QED) is 0.155. The van der Waals surface area contributed by atoms with Crippen LogP contribution in [0.5, 0.6) is 0 Å². The van der Waals surface area contributed by atoms with E-state index >= 15 is 4.39 Å². The van der Waals surface area contributed by atoms with E-state index in [1.165, 1.54) is 0 Å². The van der Waals surface area contributed by atoms with Crippen molar-refractivity contribution in [2.45, 2.75) is 96.9 Å². The van der Waals surface area contributed by atoms with Gasteiger partial charge in [-0.2, -0.15) is 10.2 Å². The molecule has 4 unspecified atom stereocenters. The molecule has 3 aliphatic rings. The van der Waals surface area contributed by atoms with E-state index in [1.54, 1.807) is 33.8 Å². The monoisotopic (exact) mass is 760 g/mol. The van der Waals surface area contributed by atoms with Crippen molar-refractivity contribution >= 4 is 35.6 Å². The highest BCUT2D eigenvalue weighted by Gasteiger charge is 2.48. The smallest absolute Gasteiger partial charge is 0.276 e. The first-order valence-corrected chi connectivity index (χ1v) is 19.2. The number of nitrogens with zero attached hydrogens (tertiary/aromatic N) is 5. The van der Waals surface area contributed by atoms with Crippen molar-refractivity contribution in [3.63, 3.8) is 0 Å². The minimum absolute atomic E-state index is 0.0396. The van der Waals surface area contributed by atoms with Gasteiger partial charge in [-0.25, -0.2) is 4.39 Å². The van der Waals surface area contributed by atoms with Crippen LogP contribution < -0.4 is 10.6 Å². The number of halogens is 1. The Morgan fingerprint density at radius 2 is 1.80 bits per heavy atom. The van der Waals surface area contributed by atoms with E-state index in [0.717, 1.165) is 24.0 Å². The average Bonchev–Trinajstić information content (AvgIpc) is 3.88. The third kappa shape index (κ3) is 8.66. The number of hydrogen-bond donors (Lipinski definition) is 3. The summed E-state index contributed by atoms with van der Waals surface area (Å²) in [5, 5.41) is 17.5. The Bertz CT molecular complexity index is 1870. The van der Waals surface area contributed by atoms with E-state index < -0.39 is 29.1 Å². The number of anilines is 1.